The van der Waals surface area contributed by atoms with Crippen LogP contribution < -0.4 is 0 Å². The number of hydrogen-bond donors (Lipinski definition) is 2. The van der Waals surface area contributed by atoms with Crippen LogP contribution >= 0.6 is 0 Å². The maximum Gasteiger partial charge on any atom is 0.743 e. The van der Waals surface area contributed by atoms with E-state index in [0.29, 0.717) is 6.61 Å². The van der Waals surface area contributed by atoms with Crippen molar-refractivity contribution in [2.75, 3.05) is 6.61 Å². The number of hydrogen-bond acceptors (Lipinski definition) is 4. The Bertz CT molecular complexity index is 285. The molecule has 0 aromatic carbocycles. The Morgan fingerprint density at radius 1 is 0.680 bits per heavy atom. The zero-order chi connectivity index (χ0) is 18.6. The highest BCUT2D eigenvalue weighted by Crippen LogP contribution is 2.13. The smallest absolute Gasteiger partial charge is 0.488 e. The molecular weight excluding hydrogens is 332 g/mol. The van der Waals surface area contributed by atoms with Crippen LogP contribution in [-0.2, 0) is 8.85 Å². The maximum absolute atomic E-state index is 9.32. The van der Waals surface area contributed by atoms with Crippen LogP contribution in [0.4, 0.5) is 0 Å². The summed E-state index contributed by atoms with van der Waals surface area (Å²) in [6.45, 7) is 5.90. The topological polar surface area (TPSA) is 58.9 Å². The monoisotopic (exact) mass is 374 g/mol. The van der Waals surface area contributed by atoms with Gasteiger partial charge in [0, 0.05) is 6.61 Å². The second-order valence-corrected chi connectivity index (χ2v) is 8.61. The van der Waals surface area contributed by atoms with E-state index in [9.17, 15) is 9.59 Å². The van der Waals surface area contributed by atoms with Gasteiger partial charge in [0.05, 0.1) is 6.26 Å². The normalized spacial score (nSPS) is 11.6. The third kappa shape index (κ3) is 19.8. The third-order valence-electron chi connectivity index (χ3n) is 4.52. The van der Waals surface area contributed by atoms with E-state index in [4.69, 9.17) is 4.43 Å². The van der Waals surface area contributed by atoms with Crippen molar-refractivity contribution in [1.29, 1.82) is 0 Å². The fourth-order valence-corrected chi connectivity index (χ4v) is 3.69. The quantitative estimate of drug-likeness (QED) is 0.159. The molecule has 0 bridgehead atoms. The molecular formula is C20H42O4Si. The Kier molecular flexibility index (Phi) is 18.2. The summed E-state index contributed by atoms with van der Waals surface area (Å²) in [5, 5.41) is 0. The fourth-order valence-electron chi connectivity index (χ4n) is 3.00. The summed E-state index contributed by atoms with van der Waals surface area (Å²) in [5.41, 5.74) is 0. The van der Waals surface area contributed by atoms with E-state index in [1.54, 1.807) is 0 Å². The minimum Gasteiger partial charge on any atom is -0.488 e. The molecule has 0 fully saturated rings. The predicted molar refractivity (Wildman–Crippen MR) is 107 cm³/mol. The van der Waals surface area contributed by atoms with Gasteiger partial charge in [-0.15, -0.1) is 0 Å². The van der Waals surface area contributed by atoms with Crippen molar-refractivity contribution in [2.24, 2.45) is 0 Å². The van der Waals surface area contributed by atoms with E-state index in [2.05, 4.69) is 17.9 Å². The molecule has 0 aromatic heterocycles. The van der Waals surface area contributed by atoms with Crippen LogP contribution in [-0.4, -0.2) is 25.2 Å². The highest BCUT2D eigenvalue weighted by atomic mass is 28.4. The first-order valence-electron chi connectivity index (χ1n) is 10.5. The summed E-state index contributed by atoms with van der Waals surface area (Å²) < 4.78 is 9.50. The Hall–Kier alpha value is -0.363. The molecule has 0 radical (unpaired) electrons. The predicted octanol–water partition coefficient (Wildman–Crippen LogP) is 5.84. The van der Waals surface area contributed by atoms with Crippen molar-refractivity contribution in [3.8, 4) is 0 Å². The molecule has 0 rings (SSSR count). The van der Waals surface area contributed by atoms with Gasteiger partial charge in [-0.25, -0.2) is 0 Å². The molecule has 0 aliphatic carbocycles. The van der Waals surface area contributed by atoms with Crippen molar-refractivity contribution in [2.45, 2.75) is 110 Å². The SMILES string of the molecule is C=CO[Si](O)(O)OCCCCCCCCCCCCCCCCCC. The van der Waals surface area contributed by atoms with Gasteiger partial charge in [0.15, 0.2) is 0 Å². The van der Waals surface area contributed by atoms with Crippen LogP contribution in [0, 0.1) is 0 Å². The molecule has 0 atom stereocenters. The first-order valence-corrected chi connectivity index (χ1v) is 12.2. The fraction of sp³-hybridized carbons (Fsp3) is 0.900. The molecule has 0 aliphatic rings. The lowest BCUT2D eigenvalue weighted by Gasteiger charge is -2.14. The van der Waals surface area contributed by atoms with Crippen LogP contribution in [0.2, 0.25) is 0 Å². The molecule has 5 heteroatoms. The molecule has 0 spiro atoms. The van der Waals surface area contributed by atoms with Gasteiger partial charge in [-0.3, -0.25) is 0 Å². The van der Waals surface area contributed by atoms with E-state index in [0.717, 1.165) is 19.1 Å². The average Bonchev–Trinajstić information content (AvgIpc) is 2.57. The van der Waals surface area contributed by atoms with E-state index in [-0.39, 0.29) is 0 Å². The van der Waals surface area contributed by atoms with E-state index in [1.807, 2.05) is 0 Å². The van der Waals surface area contributed by atoms with Crippen LogP contribution in [0.1, 0.15) is 110 Å². The molecule has 0 aliphatic heterocycles. The van der Waals surface area contributed by atoms with Crippen LogP contribution in [0.25, 0.3) is 0 Å². The summed E-state index contributed by atoms with van der Waals surface area (Å²) >= 11 is 0. The number of unbranched alkanes of at least 4 members (excludes halogenated alkanes) is 15. The van der Waals surface area contributed by atoms with Crippen molar-refractivity contribution in [3.05, 3.63) is 12.8 Å². The van der Waals surface area contributed by atoms with Gasteiger partial charge in [-0.1, -0.05) is 110 Å². The lowest BCUT2D eigenvalue weighted by atomic mass is 10.0. The van der Waals surface area contributed by atoms with Gasteiger partial charge in [0.1, 0.15) is 0 Å². The lowest BCUT2D eigenvalue weighted by Crippen LogP contribution is -2.41. The molecule has 0 saturated carbocycles. The Labute approximate surface area is 157 Å². The molecule has 4 nitrogen and oxygen atoms in total. The van der Waals surface area contributed by atoms with Crippen molar-refractivity contribution < 1.29 is 18.4 Å². The van der Waals surface area contributed by atoms with Crippen LogP contribution in [0.15, 0.2) is 12.8 Å². The summed E-state index contributed by atoms with van der Waals surface area (Å²) in [6, 6.07) is 0. The van der Waals surface area contributed by atoms with Crippen LogP contribution in [0.3, 0.4) is 0 Å². The zero-order valence-corrected chi connectivity index (χ0v) is 17.5. The summed E-state index contributed by atoms with van der Waals surface area (Å²) in [5.74, 6) is 0. The summed E-state index contributed by atoms with van der Waals surface area (Å²) in [6.07, 6.45) is 22.1. The molecule has 150 valence electrons. The molecule has 2 N–H and O–H groups in total. The molecule has 25 heavy (non-hydrogen) atoms. The number of rotatable bonds is 20. The molecule has 0 unspecified atom stereocenters. The van der Waals surface area contributed by atoms with Gasteiger partial charge in [0.2, 0.25) is 0 Å². The van der Waals surface area contributed by atoms with E-state index < -0.39 is 9.05 Å². The second-order valence-electron chi connectivity index (χ2n) is 6.98. The van der Waals surface area contributed by atoms with E-state index >= 15 is 0 Å². The van der Waals surface area contributed by atoms with Crippen molar-refractivity contribution >= 4 is 9.05 Å². The van der Waals surface area contributed by atoms with Crippen molar-refractivity contribution in [3.63, 3.8) is 0 Å². The standard InChI is InChI=1S/C20H42O4Si/c1-3-5-6-7-8-9-10-11-12-13-14-15-16-17-18-19-20-24-25(21,22)23-4-2/h4,21-22H,2-3,5-20H2,1H3. The van der Waals surface area contributed by atoms with Gasteiger partial charge >= 0.3 is 9.05 Å². The minimum atomic E-state index is -3.93. The molecule has 0 saturated heterocycles. The Morgan fingerprint density at radius 2 is 1.04 bits per heavy atom. The lowest BCUT2D eigenvalue weighted by molar-refractivity contribution is 0.0545. The highest BCUT2D eigenvalue weighted by molar-refractivity contribution is 6.50. The van der Waals surface area contributed by atoms with E-state index in [1.165, 1.54) is 89.9 Å². The van der Waals surface area contributed by atoms with Gasteiger partial charge in [0.25, 0.3) is 0 Å². The highest BCUT2D eigenvalue weighted by Gasteiger charge is 2.37. The molecule has 0 heterocycles. The first-order chi connectivity index (χ1) is 12.1. The minimum absolute atomic E-state index is 0.339. The van der Waals surface area contributed by atoms with Crippen LogP contribution in [0.5, 0.6) is 0 Å². The molecule has 0 aromatic rings. The maximum atomic E-state index is 9.32. The van der Waals surface area contributed by atoms with Gasteiger partial charge in [-0.05, 0) is 6.42 Å². The first kappa shape index (κ1) is 24.6. The average molecular weight is 375 g/mol. The third-order valence-corrected chi connectivity index (χ3v) is 5.58. The van der Waals surface area contributed by atoms with Gasteiger partial charge < -0.3 is 18.4 Å². The molecule has 0 amide bonds. The largest absolute Gasteiger partial charge is 0.743 e. The summed E-state index contributed by atoms with van der Waals surface area (Å²) in [4.78, 5) is 18.6. The van der Waals surface area contributed by atoms with Gasteiger partial charge in [-0.2, -0.15) is 0 Å². The van der Waals surface area contributed by atoms with Crippen molar-refractivity contribution in [1.82, 2.24) is 0 Å². The Morgan fingerprint density at radius 3 is 1.40 bits per heavy atom. The zero-order valence-electron chi connectivity index (χ0n) is 16.5. The summed E-state index contributed by atoms with van der Waals surface area (Å²) in [7, 11) is -3.93. The Balaban J connectivity index is 3.11. The second kappa shape index (κ2) is 18.4.